The fourth-order valence-electron chi connectivity index (χ4n) is 3.96. The number of carbonyl (C=O) groups is 1. The van der Waals surface area contributed by atoms with Gasteiger partial charge in [-0.05, 0) is 54.6 Å². The van der Waals surface area contributed by atoms with E-state index in [1.165, 1.54) is 0 Å². The van der Waals surface area contributed by atoms with Crippen LogP contribution in [0, 0.1) is 0 Å². The number of amides is 1. The Labute approximate surface area is 260 Å². The zero-order valence-electron chi connectivity index (χ0n) is 24.0. The van der Waals surface area contributed by atoms with Crippen molar-refractivity contribution in [2.24, 2.45) is 5.73 Å². The van der Waals surface area contributed by atoms with Crippen molar-refractivity contribution in [1.29, 1.82) is 0 Å². The molecule has 0 aliphatic rings. The van der Waals surface area contributed by atoms with Crippen molar-refractivity contribution >= 4 is 27.5 Å². The number of benzene rings is 3. The van der Waals surface area contributed by atoms with Crippen molar-refractivity contribution in [2.45, 2.75) is 0 Å². The van der Waals surface area contributed by atoms with Gasteiger partial charge in [-0.1, -0.05) is 46.3 Å². The smallest absolute Gasteiger partial charge is 0.274 e. The van der Waals surface area contributed by atoms with Gasteiger partial charge in [0.25, 0.3) is 5.91 Å². The first kappa shape index (κ1) is 32.3. The summed E-state index contributed by atoms with van der Waals surface area (Å²) in [5, 5.41) is 7.70. The molecule has 43 heavy (non-hydrogen) atoms. The summed E-state index contributed by atoms with van der Waals surface area (Å²) in [6.45, 7) is 4.91. The molecular formula is C32H37BrN4O6. The van der Waals surface area contributed by atoms with Crippen molar-refractivity contribution in [3.05, 3.63) is 95.1 Å². The minimum atomic E-state index is -0.271. The zero-order chi connectivity index (χ0) is 30.1. The summed E-state index contributed by atoms with van der Waals surface area (Å²) >= 11 is 3.46. The molecule has 1 aromatic heterocycles. The maximum absolute atomic E-state index is 13.4. The van der Waals surface area contributed by atoms with E-state index in [9.17, 15) is 4.79 Å². The van der Waals surface area contributed by atoms with Crippen molar-refractivity contribution in [3.63, 3.8) is 0 Å². The van der Waals surface area contributed by atoms with Crippen LogP contribution in [-0.2, 0) is 18.9 Å². The van der Waals surface area contributed by atoms with Gasteiger partial charge in [0.05, 0.1) is 64.2 Å². The van der Waals surface area contributed by atoms with E-state index in [0.717, 1.165) is 15.7 Å². The Balaban J connectivity index is 1.19. The number of hydrogen-bond acceptors (Lipinski definition) is 8. The second-order valence-electron chi connectivity index (χ2n) is 9.23. The summed E-state index contributed by atoms with van der Waals surface area (Å²) in [5.74, 6) is 0.407. The average molecular weight is 654 g/mol. The number of hydrogen-bond donors (Lipinski definition) is 2. The van der Waals surface area contributed by atoms with Crippen LogP contribution in [0.1, 0.15) is 10.5 Å². The number of nitrogens with one attached hydrogen (secondary N) is 1. The molecular weight excluding hydrogens is 616 g/mol. The van der Waals surface area contributed by atoms with E-state index >= 15 is 0 Å². The van der Waals surface area contributed by atoms with Gasteiger partial charge in [-0.15, -0.1) is 0 Å². The summed E-state index contributed by atoms with van der Waals surface area (Å²) < 4.78 is 30.0. The van der Waals surface area contributed by atoms with Gasteiger partial charge in [0.2, 0.25) is 0 Å². The van der Waals surface area contributed by atoms with Gasteiger partial charge in [-0.2, -0.15) is 5.10 Å². The van der Waals surface area contributed by atoms with Crippen LogP contribution in [0.15, 0.2) is 89.4 Å². The lowest BCUT2D eigenvalue weighted by molar-refractivity contribution is -0.00386. The average Bonchev–Trinajstić information content (AvgIpc) is 3.49. The van der Waals surface area contributed by atoms with Crippen LogP contribution in [0.5, 0.6) is 5.75 Å². The van der Waals surface area contributed by atoms with E-state index in [2.05, 4.69) is 21.2 Å². The van der Waals surface area contributed by atoms with E-state index in [-0.39, 0.29) is 5.91 Å². The topological polar surface area (TPSA) is 119 Å². The van der Waals surface area contributed by atoms with Gasteiger partial charge in [-0.3, -0.25) is 4.79 Å². The molecule has 0 fully saturated rings. The standard InChI is InChI=1S/C32H37BrN4O6/c33-26-8-6-25(7-9-26)30-24-31(37(36-30)28-4-2-1-3-5-28)32(38)35-27-10-12-29(13-11-27)43-23-22-42-21-20-41-19-18-40-17-16-39-15-14-34/h1-13,24H,14-23,34H2,(H,35,38). The Bertz CT molecular complexity index is 1370. The third kappa shape index (κ3) is 10.9. The fraction of sp³-hybridized carbons (Fsp3) is 0.312. The lowest BCUT2D eigenvalue weighted by Crippen LogP contribution is -2.17. The molecule has 0 spiro atoms. The molecule has 0 bridgehead atoms. The van der Waals surface area contributed by atoms with Crippen LogP contribution in [-0.4, -0.2) is 81.7 Å². The monoisotopic (exact) mass is 652 g/mol. The summed E-state index contributed by atoms with van der Waals surface area (Å²) in [5.41, 5.74) is 8.82. The van der Waals surface area contributed by atoms with Gasteiger partial charge < -0.3 is 34.7 Å². The number of carbonyl (C=O) groups excluding carboxylic acids is 1. The van der Waals surface area contributed by atoms with Gasteiger partial charge in [0, 0.05) is 22.3 Å². The first-order valence-corrected chi connectivity index (χ1v) is 14.9. The molecule has 0 saturated carbocycles. The second-order valence-corrected chi connectivity index (χ2v) is 10.1. The lowest BCUT2D eigenvalue weighted by Gasteiger charge is -2.10. The summed E-state index contributed by atoms with van der Waals surface area (Å²) in [7, 11) is 0. The first-order chi connectivity index (χ1) is 21.1. The summed E-state index contributed by atoms with van der Waals surface area (Å²) in [6.07, 6.45) is 0. The lowest BCUT2D eigenvalue weighted by atomic mass is 10.1. The molecule has 4 aromatic rings. The zero-order valence-corrected chi connectivity index (χ0v) is 25.5. The Hall–Kier alpha value is -3.58. The molecule has 228 valence electrons. The van der Waals surface area contributed by atoms with Crippen LogP contribution in [0.25, 0.3) is 16.9 Å². The van der Waals surface area contributed by atoms with Crippen molar-refractivity contribution < 1.29 is 28.5 Å². The minimum Gasteiger partial charge on any atom is -0.491 e. The Morgan fingerprint density at radius 1 is 0.744 bits per heavy atom. The SMILES string of the molecule is NCCOCCOCCOCCOCCOc1ccc(NC(=O)c2cc(-c3ccc(Br)cc3)nn2-c2ccccc2)cc1. The number of ether oxygens (including phenoxy) is 5. The first-order valence-electron chi connectivity index (χ1n) is 14.1. The second kappa shape index (κ2) is 18.2. The van der Waals surface area contributed by atoms with Crippen LogP contribution >= 0.6 is 15.9 Å². The van der Waals surface area contributed by atoms with Crippen LogP contribution in [0.3, 0.4) is 0 Å². The highest BCUT2D eigenvalue weighted by molar-refractivity contribution is 9.10. The summed E-state index contributed by atoms with van der Waals surface area (Å²) in [6, 6.07) is 26.4. The van der Waals surface area contributed by atoms with Crippen LogP contribution < -0.4 is 15.8 Å². The largest absolute Gasteiger partial charge is 0.491 e. The van der Waals surface area contributed by atoms with Gasteiger partial charge in [0.15, 0.2) is 0 Å². The predicted molar refractivity (Wildman–Crippen MR) is 169 cm³/mol. The Morgan fingerprint density at radius 2 is 1.33 bits per heavy atom. The Morgan fingerprint density at radius 3 is 1.93 bits per heavy atom. The Kier molecular flexibility index (Phi) is 13.7. The van der Waals surface area contributed by atoms with Crippen molar-refractivity contribution in [3.8, 4) is 22.7 Å². The number of para-hydroxylation sites is 1. The molecule has 1 heterocycles. The number of nitrogens with two attached hydrogens (primary N) is 1. The van der Waals surface area contributed by atoms with E-state index in [1.807, 2.05) is 66.7 Å². The highest BCUT2D eigenvalue weighted by Gasteiger charge is 2.18. The molecule has 0 radical (unpaired) electrons. The molecule has 0 saturated heterocycles. The van der Waals surface area contributed by atoms with Crippen molar-refractivity contribution in [1.82, 2.24) is 9.78 Å². The number of halogens is 1. The van der Waals surface area contributed by atoms with E-state index in [1.54, 1.807) is 22.9 Å². The third-order valence-corrected chi connectivity index (χ3v) is 6.60. The maximum Gasteiger partial charge on any atom is 0.274 e. The third-order valence-electron chi connectivity index (χ3n) is 6.07. The summed E-state index contributed by atoms with van der Waals surface area (Å²) in [4.78, 5) is 13.4. The maximum atomic E-state index is 13.4. The molecule has 0 atom stereocenters. The van der Waals surface area contributed by atoms with E-state index < -0.39 is 0 Å². The number of aromatic nitrogens is 2. The number of nitrogens with zero attached hydrogens (tertiary/aromatic N) is 2. The predicted octanol–water partition coefficient (Wildman–Crippen LogP) is 4.96. The van der Waals surface area contributed by atoms with Crippen molar-refractivity contribution in [2.75, 3.05) is 71.3 Å². The molecule has 0 aliphatic heterocycles. The number of anilines is 1. The molecule has 11 heteroatoms. The highest BCUT2D eigenvalue weighted by atomic mass is 79.9. The fourth-order valence-corrected chi connectivity index (χ4v) is 4.23. The number of rotatable bonds is 19. The van der Waals surface area contributed by atoms with Crippen LogP contribution in [0.2, 0.25) is 0 Å². The van der Waals surface area contributed by atoms with Gasteiger partial charge >= 0.3 is 0 Å². The molecule has 10 nitrogen and oxygen atoms in total. The highest BCUT2D eigenvalue weighted by Crippen LogP contribution is 2.25. The van der Waals surface area contributed by atoms with E-state index in [0.29, 0.717) is 88.8 Å². The van der Waals surface area contributed by atoms with E-state index in [4.69, 9.17) is 34.5 Å². The molecule has 0 unspecified atom stereocenters. The molecule has 3 N–H and O–H groups in total. The molecule has 4 rings (SSSR count). The molecule has 3 aromatic carbocycles. The van der Waals surface area contributed by atoms with Crippen LogP contribution in [0.4, 0.5) is 5.69 Å². The minimum absolute atomic E-state index is 0.271. The molecule has 1 amide bonds. The normalized spacial score (nSPS) is 11.0. The molecule has 0 aliphatic carbocycles. The van der Waals surface area contributed by atoms with Gasteiger partial charge in [-0.25, -0.2) is 4.68 Å². The quantitative estimate of drug-likeness (QED) is 0.137. The van der Waals surface area contributed by atoms with Gasteiger partial charge in [0.1, 0.15) is 18.1 Å².